The van der Waals surface area contributed by atoms with Gasteiger partial charge in [-0.25, -0.2) is 0 Å². The average molecular weight is 262 g/mol. The fourth-order valence-electron chi connectivity index (χ4n) is 4.34. The number of aliphatic hydroxyl groups is 1. The van der Waals surface area contributed by atoms with Crippen LogP contribution in [0.4, 0.5) is 13.2 Å². The summed E-state index contributed by atoms with van der Waals surface area (Å²) in [5, 5.41) is 9.45. The van der Waals surface area contributed by atoms with E-state index in [1.807, 2.05) is 0 Å². The molecule has 0 aliphatic heterocycles. The van der Waals surface area contributed by atoms with Crippen molar-refractivity contribution in [3.8, 4) is 0 Å². The van der Waals surface area contributed by atoms with E-state index in [9.17, 15) is 23.1 Å². The van der Waals surface area contributed by atoms with Gasteiger partial charge in [-0.2, -0.15) is 13.2 Å². The molecule has 0 radical (unpaired) electrons. The van der Waals surface area contributed by atoms with Crippen LogP contribution in [-0.4, -0.2) is 30.0 Å². The summed E-state index contributed by atoms with van der Waals surface area (Å²) in [7, 11) is 0. The second kappa shape index (κ2) is 3.10. The minimum absolute atomic E-state index is 0.178. The molecule has 0 amide bonds. The summed E-state index contributed by atoms with van der Waals surface area (Å²) >= 11 is 0. The highest BCUT2D eigenvalue weighted by Crippen LogP contribution is 2.86. The van der Waals surface area contributed by atoms with Gasteiger partial charge in [-0.05, 0) is 12.3 Å². The van der Waals surface area contributed by atoms with Crippen LogP contribution in [-0.2, 0) is 9.53 Å². The molecule has 3 aliphatic rings. The zero-order chi connectivity index (χ0) is 13.3. The Morgan fingerprint density at radius 2 is 2.22 bits per heavy atom. The van der Waals surface area contributed by atoms with Crippen molar-refractivity contribution in [1.82, 2.24) is 0 Å². The van der Waals surface area contributed by atoms with Gasteiger partial charge in [-0.15, -0.1) is 0 Å². The van der Waals surface area contributed by atoms with E-state index in [4.69, 9.17) is 4.74 Å². The first kappa shape index (κ1) is 12.0. The normalized spacial score (nSPS) is 48.2. The maximum atomic E-state index is 13.2. The van der Waals surface area contributed by atoms with Crippen LogP contribution in [0.5, 0.6) is 0 Å². The summed E-state index contributed by atoms with van der Waals surface area (Å²) in [6, 6.07) is 0. The predicted molar refractivity (Wildman–Crippen MR) is 54.3 cm³/mol. The number of ether oxygens (including phenoxy) is 1. The van der Waals surface area contributed by atoms with Crippen LogP contribution in [0.2, 0.25) is 0 Å². The molecule has 2 fully saturated rings. The van der Waals surface area contributed by atoms with Crippen molar-refractivity contribution in [2.45, 2.75) is 25.6 Å². The lowest BCUT2D eigenvalue weighted by molar-refractivity contribution is -0.194. The average Bonchev–Trinajstić information content (AvgIpc) is 2.55. The third-order valence-corrected chi connectivity index (χ3v) is 4.94. The third kappa shape index (κ3) is 1.00. The molecule has 0 aromatic carbocycles. The van der Waals surface area contributed by atoms with Crippen LogP contribution < -0.4 is 0 Å². The lowest BCUT2D eigenvalue weighted by atomic mass is 9.85. The topological polar surface area (TPSA) is 46.5 Å². The second-order valence-corrected chi connectivity index (χ2v) is 5.39. The van der Waals surface area contributed by atoms with Gasteiger partial charge < -0.3 is 9.84 Å². The maximum absolute atomic E-state index is 13.2. The molecule has 0 aromatic heterocycles. The number of fused-ring (bicyclic) bond motifs is 1. The van der Waals surface area contributed by atoms with E-state index in [1.54, 1.807) is 0 Å². The van der Waals surface area contributed by atoms with E-state index in [0.717, 1.165) is 0 Å². The number of rotatable bonds is 2. The molecule has 0 heterocycles. The Morgan fingerprint density at radius 3 is 2.67 bits per heavy atom. The van der Waals surface area contributed by atoms with Gasteiger partial charge in [0.25, 0.3) is 0 Å². The summed E-state index contributed by atoms with van der Waals surface area (Å²) in [4.78, 5) is 10.9. The van der Waals surface area contributed by atoms with E-state index in [0.29, 0.717) is 0 Å². The molecule has 5 atom stereocenters. The van der Waals surface area contributed by atoms with Gasteiger partial charge in [0.1, 0.15) is 6.10 Å². The zero-order valence-electron chi connectivity index (χ0n) is 9.70. The van der Waals surface area contributed by atoms with E-state index in [1.165, 1.54) is 19.1 Å². The highest BCUT2D eigenvalue weighted by Gasteiger charge is 2.92. The number of halogens is 3. The van der Waals surface area contributed by atoms with Crippen molar-refractivity contribution < 1.29 is 27.8 Å². The largest absolute Gasteiger partial charge is 0.462 e. The van der Waals surface area contributed by atoms with E-state index in [2.05, 4.69) is 0 Å². The van der Waals surface area contributed by atoms with Crippen molar-refractivity contribution in [2.24, 2.45) is 22.7 Å². The first-order valence-electron chi connectivity index (χ1n) is 5.85. The highest BCUT2D eigenvalue weighted by molar-refractivity contribution is 5.66. The number of carbonyl (C=O) groups is 1. The van der Waals surface area contributed by atoms with Crippen molar-refractivity contribution in [3.05, 3.63) is 12.2 Å². The first-order chi connectivity index (χ1) is 8.31. The van der Waals surface area contributed by atoms with Gasteiger partial charge in [-0.1, -0.05) is 12.2 Å². The number of carbonyl (C=O) groups excluding carboxylic acids is 1. The molecule has 3 aliphatic carbocycles. The van der Waals surface area contributed by atoms with Gasteiger partial charge in [0.2, 0.25) is 0 Å². The zero-order valence-corrected chi connectivity index (χ0v) is 9.70. The molecule has 3 rings (SSSR count). The van der Waals surface area contributed by atoms with Crippen LogP contribution in [0, 0.1) is 22.7 Å². The Hall–Kier alpha value is -1.04. The van der Waals surface area contributed by atoms with E-state index >= 15 is 0 Å². The number of aliphatic hydroxyl groups excluding tert-OH is 1. The van der Waals surface area contributed by atoms with Crippen LogP contribution in [0.3, 0.4) is 0 Å². The number of hydrogen-bond donors (Lipinski definition) is 1. The third-order valence-electron chi connectivity index (χ3n) is 4.94. The fourth-order valence-corrected chi connectivity index (χ4v) is 4.34. The Bertz CT molecular complexity index is 444. The van der Waals surface area contributed by atoms with Crippen LogP contribution in [0.25, 0.3) is 0 Å². The molecule has 0 saturated heterocycles. The van der Waals surface area contributed by atoms with Crippen LogP contribution in [0.1, 0.15) is 13.3 Å². The number of hydrogen-bond acceptors (Lipinski definition) is 3. The van der Waals surface area contributed by atoms with Crippen LogP contribution in [0.15, 0.2) is 12.2 Å². The second-order valence-electron chi connectivity index (χ2n) is 5.39. The Morgan fingerprint density at radius 1 is 1.56 bits per heavy atom. The lowest BCUT2D eigenvalue weighted by Crippen LogP contribution is -2.36. The molecule has 0 aromatic rings. The molecule has 18 heavy (non-hydrogen) atoms. The van der Waals surface area contributed by atoms with Crippen LogP contribution >= 0.6 is 0 Å². The summed E-state index contributed by atoms with van der Waals surface area (Å²) in [5.74, 6) is -1.67. The molecule has 100 valence electrons. The summed E-state index contributed by atoms with van der Waals surface area (Å²) in [5.41, 5.74) is -3.08. The smallest absolute Gasteiger partial charge is 0.398 e. The number of esters is 1. The molecule has 1 N–H and O–H groups in total. The van der Waals surface area contributed by atoms with E-state index < -0.39 is 47.5 Å². The van der Waals surface area contributed by atoms with Gasteiger partial charge in [0.15, 0.2) is 0 Å². The molecule has 0 spiro atoms. The van der Waals surface area contributed by atoms with Gasteiger partial charge >= 0.3 is 12.1 Å². The van der Waals surface area contributed by atoms with Crippen molar-refractivity contribution in [1.29, 1.82) is 0 Å². The monoisotopic (exact) mass is 262 g/mol. The standard InChI is InChI=1S/C12H13F3O3/c1-6(17)18-8-4-9-10(5-16)7(8)2-3-11(9,10)12(13,14)15/h2-3,7-9,16H,4-5H2,1H3/t7?,8-,9?,10-,11?/m0/s1. The number of allylic oxidation sites excluding steroid dienone is 1. The van der Waals surface area contributed by atoms with Crippen molar-refractivity contribution >= 4 is 5.97 Å². The predicted octanol–water partition coefficient (Wildman–Crippen LogP) is 1.67. The maximum Gasteiger partial charge on any atom is 0.398 e. The Balaban J connectivity index is 1.94. The molecule has 3 unspecified atom stereocenters. The molecule has 2 saturated carbocycles. The molecule has 0 bridgehead atoms. The SMILES string of the molecule is CC(=O)O[C@H]1CC2C3(C(F)(F)F)C=CC1[C@@]23CO. The van der Waals surface area contributed by atoms with Gasteiger partial charge in [-0.3, -0.25) is 4.79 Å². The first-order valence-corrected chi connectivity index (χ1v) is 5.85. The lowest BCUT2D eigenvalue weighted by Gasteiger charge is -2.28. The quantitative estimate of drug-likeness (QED) is 0.608. The Kier molecular flexibility index (Phi) is 2.07. The van der Waals surface area contributed by atoms with E-state index in [-0.39, 0.29) is 6.42 Å². The van der Waals surface area contributed by atoms with Crippen molar-refractivity contribution in [3.63, 3.8) is 0 Å². The van der Waals surface area contributed by atoms with Gasteiger partial charge in [0.05, 0.1) is 12.0 Å². The molecular formula is C12H13F3O3. The molecule has 3 nitrogen and oxygen atoms in total. The van der Waals surface area contributed by atoms with Crippen molar-refractivity contribution in [2.75, 3.05) is 6.61 Å². The fraction of sp³-hybridized carbons (Fsp3) is 0.750. The summed E-state index contributed by atoms with van der Waals surface area (Å²) in [6.07, 6.45) is -2.08. The minimum Gasteiger partial charge on any atom is -0.462 e. The molecular weight excluding hydrogens is 249 g/mol. The minimum atomic E-state index is -4.35. The summed E-state index contributed by atoms with van der Waals surface area (Å²) < 4.78 is 44.6. The number of alkyl halides is 3. The highest BCUT2D eigenvalue weighted by atomic mass is 19.4. The Labute approximate surface area is 102 Å². The van der Waals surface area contributed by atoms with Gasteiger partial charge in [0, 0.05) is 18.3 Å². The molecule has 6 heteroatoms. The summed E-state index contributed by atoms with van der Waals surface area (Å²) in [6.45, 7) is 0.720.